The topological polar surface area (TPSA) is 98.0 Å². The molecule has 10 heteroatoms. The molecule has 0 fully saturated rings. The van der Waals surface area contributed by atoms with Crippen LogP contribution in [0.4, 0.5) is 0 Å². The predicted octanol–water partition coefficient (Wildman–Crippen LogP) is 4.55. The first kappa shape index (κ1) is 21.5. The maximum Gasteiger partial charge on any atom is 0.226 e. The Morgan fingerprint density at radius 2 is 1.59 bits per heavy atom. The minimum atomic E-state index is 0.0425. The Morgan fingerprint density at radius 3 is 2.31 bits per heavy atom. The van der Waals surface area contributed by atoms with Gasteiger partial charge in [-0.2, -0.15) is 4.98 Å². The number of methoxy groups -OCH3 is 4. The van der Waals surface area contributed by atoms with Gasteiger partial charge in [0.15, 0.2) is 23.9 Å². The molecule has 0 spiro atoms. The fraction of sp³-hybridized carbons (Fsp3) is 0.227. The van der Waals surface area contributed by atoms with Gasteiger partial charge in [-0.3, -0.25) is 0 Å². The molecule has 0 aliphatic carbocycles. The van der Waals surface area contributed by atoms with Crippen LogP contribution >= 0.6 is 11.6 Å². The van der Waals surface area contributed by atoms with E-state index >= 15 is 0 Å². The van der Waals surface area contributed by atoms with E-state index in [1.807, 2.05) is 12.1 Å². The van der Waals surface area contributed by atoms with Crippen LogP contribution < -0.4 is 23.7 Å². The van der Waals surface area contributed by atoms with Crippen molar-refractivity contribution in [1.82, 2.24) is 15.1 Å². The summed E-state index contributed by atoms with van der Waals surface area (Å²) >= 11 is 6.08. The van der Waals surface area contributed by atoms with Gasteiger partial charge in [0.1, 0.15) is 17.2 Å². The molecule has 0 bridgehead atoms. The highest BCUT2D eigenvalue weighted by atomic mass is 35.5. The number of ether oxygens (including phenoxy) is 5. The molecule has 0 aliphatic rings. The maximum absolute atomic E-state index is 6.08. The Balaban J connectivity index is 1.61. The van der Waals surface area contributed by atoms with Crippen LogP contribution in [0.1, 0.15) is 5.76 Å². The van der Waals surface area contributed by atoms with E-state index in [1.165, 1.54) is 0 Å². The number of fused-ring (bicyclic) bond motifs is 1. The Kier molecular flexibility index (Phi) is 6.18. The Hall–Kier alpha value is -3.72. The summed E-state index contributed by atoms with van der Waals surface area (Å²) in [6.45, 7) is 0.0717. The van der Waals surface area contributed by atoms with Gasteiger partial charge < -0.3 is 28.2 Å². The van der Waals surface area contributed by atoms with Crippen LogP contribution in [0.25, 0.3) is 22.2 Å². The lowest BCUT2D eigenvalue weighted by Gasteiger charge is -2.11. The highest BCUT2D eigenvalue weighted by Gasteiger charge is 2.16. The summed E-state index contributed by atoms with van der Waals surface area (Å²) in [5.41, 5.74) is 1.91. The summed E-state index contributed by atoms with van der Waals surface area (Å²) in [6.07, 6.45) is 0. The number of nitrogens with zero attached hydrogens (tertiary/aromatic N) is 3. The van der Waals surface area contributed by atoms with E-state index in [9.17, 15) is 0 Å². The van der Waals surface area contributed by atoms with Gasteiger partial charge >= 0.3 is 0 Å². The third kappa shape index (κ3) is 4.19. The van der Waals surface area contributed by atoms with E-state index in [1.54, 1.807) is 52.7 Å². The summed E-state index contributed by atoms with van der Waals surface area (Å²) in [5.74, 6) is 3.09. The highest BCUT2D eigenvalue weighted by molar-refractivity contribution is 6.28. The van der Waals surface area contributed by atoms with Crippen molar-refractivity contribution in [2.24, 2.45) is 0 Å². The van der Waals surface area contributed by atoms with Crippen molar-refractivity contribution in [2.45, 2.75) is 6.61 Å². The van der Waals surface area contributed by atoms with E-state index in [0.29, 0.717) is 45.4 Å². The van der Waals surface area contributed by atoms with E-state index < -0.39 is 0 Å². The first-order chi connectivity index (χ1) is 15.6. The molecule has 2 aromatic carbocycles. The summed E-state index contributed by atoms with van der Waals surface area (Å²) in [7, 11) is 6.26. The average Bonchev–Trinajstić information content (AvgIpc) is 3.29. The van der Waals surface area contributed by atoms with E-state index in [2.05, 4.69) is 15.1 Å². The van der Waals surface area contributed by atoms with Crippen LogP contribution in [-0.4, -0.2) is 43.6 Å². The molecule has 0 amide bonds. The van der Waals surface area contributed by atoms with Crippen LogP contribution in [0, 0.1) is 0 Å². The van der Waals surface area contributed by atoms with E-state index in [4.69, 9.17) is 39.8 Å². The molecule has 32 heavy (non-hydrogen) atoms. The maximum atomic E-state index is 6.08. The number of hydrogen-bond acceptors (Lipinski definition) is 9. The van der Waals surface area contributed by atoms with Crippen molar-refractivity contribution in [3.8, 4) is 40.1 Å². The van der Waals surface area contributed by atoms with Gasteiger partial charge in [0.25, 0.3) is 0 Å². The number of rotatable bonds is 8. The zero-order valence-corrected chi connectivity index (χ0v) is 18.6. The van der Waals surface area contributed by atoms with Crippen molar-refractivity contribution >= 4 is 22.5 Å². The molecule has 0 saturated heterocycles. The van der Waals surface area contributed by atoms with E-state index in [-0.39, 0.29) is 17.8 Å². The molecular weight excluding hydrogens is 438 g/mol. The third-order valence-electron chi connectivity index (χ3n) is 4.73. The lowest BCUT2D eigenvalue weighted by molar-refractivity contribution is 0.244. The largest absolute Gasteiger partial charge is 0.497 e. The average molecular weight is 458 g/mol. The fourth-order valence-corrected chi connectivity index (χ4v) is 3.34. The Bertz CT molecular complexity index is 1260. The molecule has 0 radical (unpaired) electrons. The van der Waals surface area contributed by atoms with E-state index in [0.717, 1.165) is 5.56 Å². The molecule has 4 rings (SSSR count). The smallest absolute Gasteiger partial charge is 0.226 e. The summed E-state index contributed by atoms with van der Waals surface area (Å²) in [6, 6.07) is 10.6. The summed E-state index contributed by atoms with van der Waals surface area (Å²) < 4.78 is 32.7. The molecule has 2 heterocycles. The van der Waals surface area contributed by atoms with Crippen molar-refractivity contribution in [2.75, 3.05) is 28.4 Å². The third-order valence-corrected chi connectivity index (χ3v) is 4.90. The Morgan fingerprint density at radius 1 is 0.844 bits per heavy atom. The van der Waals surface area contributed by atoms with Gasteiger partial charge in [0.05, 0.1) is 39.3 Å². The van der Waals surface area contributed by atoms with Gasteiger partial charge in [-0.25, -0.2) is 4.98 Å². The lowest BCUT2D eigenvalue weighted by atomic mass is 10.1. The van der Waals surface area contributed by atoms with Crippen molar-refractivity contribution in [1.29, 1.82) is 0 Å². The molecule has 0 saturated carbocycles. The molecule has 0 aliphatic heterocycles. The first-order valence-electron chi connectivity index (χ1n) is 9.46. The second-order valence-corrected chi connectivity index (χ2v) is 6.89. The number of aromatic nitrogens is 3. The SMILES string of the molecule is COc1ccc(-c2cc(COc3nc(Cl)nc4cc(OC)c(OC)cc34)on2)c(OC)c1. The molecule has 0 unspecified atom stereocenters. The van der Waals surface area contributed by atoms with Gasteiger partial charge in [0.2, 0.25) is 11.2 Å². The van der Waals surface area contributed by atoms with Crippen molar-refractivity contribution in [3.05, 3.63) is 47.4 Å². The molecular formula is C22H20ClN3O6. The predicted molar refractivity (Wildman–Crippen MR) is 117 cm³/mol. The van der Waals surface area contributed by atoms with Gasteiger partial charge in [-0.1, -0.05) is 5.16 Å². The van der Waals surface area contributed by atoms with Crippen LogP contribution in [0.15, 0.2) is 40.9 Å². The summed E-state index contributed by atoms with van der Waals surface area (Å²) in [4.78, 5) is 8.43. The Labute approximate surface area is 188 Å². The quantitative estimate of drug-likeness (QED) is 0.353. The standard InChI is InChI=1S/C22H20ClN3O6/c1-27-12-5-6-14(18(8-12)28-2)17-7-13(32-26-17)11-31-21-15-9-19(29-3)20(30-4)10-16(15)24-22(23)25-21/h5-10H,11H2,1-4H3. The molecule has 9 nitrogen and oxygen atoms in total. The molecule has 0 atom stereocenters. The minimum absolute atomic E-state index is 0.0425. The second kappa shape index (κ2) is 9.19. The minimum Gasteiger partial charge on any atom is -0.497 e. The van der Waals surface area contributed by atoms with Crippen molar-refractivity contribution in [3.63, 3.8) is 0 Å². The van der Waals surface area contributed by atoms with Gasteiger partial charge in [0, 0.05) is 23.8 Å². The number of halogens is 1. The van der Waals surface area contributed by atoms with Crippen molar-refractivity contribution < 1.29 is 28.2 Å². The number of hydrogen-bond donors (Lipinski definition) is 0. The van der Waals surface area contributed by atoms with Crippen LogP contribution in [0.3, 0.4) is 0 Å². The molecule has 0 N–H and O–H groups in total. The summed E-state index contributed by atoms with van der Waals surface area (Å²) in [5, 5.41) is 4.78. The van der Waals surface area contributed by atoms with Gasteiger partial charge in [-0.15, -0.1) is 0 Å². The van der Waals surface area contributed by atoms with Crippen LogP contribution in [0.2, 0.25) is 5.28 Å². The second-order valence-electron chi connectivity index (χ2n) is 6.56. The highest BCUT2D eigenvalue weighted by Crippen LogP contribution is 2.36. The van der Waals surface area contributed by atoms with Gasteiger partial charge in [-0.05, 0) is 29.8 Å². The first-order valence-corrected chi connectivity index (χ1v) is 9.84. The van der Waals surface area contributed by atoms with Crippen LogP contribution in [-0.2, 0) is 6.61 Å². The molecule has 4 aromatic rings. The number of benzene rings is 2. The fourth-order valence-electron chi connectivity index (χ4n) is 3.17. The molecule has 166 valence electrons. The lowest BCUT2D eigenvalue weighted by Crippen LogP contribution is -2.00. The normalized spacial score (nSPS) is 10.8. The molecule has 2 aromatic heterocycles. The monoisotopic (exact) mass is 457 g/mol. The van der Waals surface area contributed by atoms with Crippen LogP contribution in [0.5, 0.6) is 28.9 Å². The zero-order chi connectivity index (χ0) is 22.7. The zero-order valence-electron chi connectivity index (χ0n) is 17.8.